The monoisotopic (exact) mass is 205 g/mol. The van der Waals surface area contributed by atoms with E-state index in [1.807, 2.05) is 24.3 Å². The van der Waals surface area contributed by atoms with Crippen LogP contribution in [0.5, 0.6) is 0 Å². The normalized spacial score (nSPS) is 10.5. The molecule has 1 aromatic heterocycles. The average Bonchev–Trinajstić information content (AvgIpc) is 2.68. The smallest absolute Gasteiger partial charge is 0.243 e. The highest BCUT2D eigenvalue weighted by molar-refractivity contribution is 5.76. The number of aromatic nitrogens is 2. The number of hydrogen-bond acceptors (Lipinski definition) is 3. The fraction of sp³-hybridized carbons (Fsp3) is 0.200. The highest BCUT2D eigenvalue weighted by Gasteiger charge is 2.04. The number of H-pyrrole nitrogens is 1. The van der Waals surface area contributed by atoms with Gasteiger partial charge in [0, 0.05) is 12.8 Å². The molecule has 0 saturated heterocycles. The van der Waals surface area contributed by atoms with Crippen LogP contribution >= 0.6 is 0 Å². The van der Waals surface area contributed by atoms with E-state index in [0.29, 0.717) is 6.42 Å². The lowest BCUT2D eigenvalue weighted by Crippen LogP contribution is -2.18. The Morgan fingerprint density at radius 1 is 1.47 bits per heavy atom. The minimum atomic E-state index is -0.407. The number of amides is 1. The molecule has 0 aliphatic carbocycles. The summed E-state index contributed by atoms with van der Waals surface area (Å²) in [6.45, 7) is 0. The molecule has 0 aliphatic rings. The van der Waals surface area contributed by atoms with Crippen LogP contribution in [0.15, 0.2) is 24.3 Å². The minimum Gasteiger partial charge on any atom is -0.342 e. The van der Waals surface area contributed by atoms with E-state index < -0.39 is 5.91 Å². The third-order valence-corrected chi connectivity index (χ3v) is 2.15. The molecule has 2 rings (SSSR count). The van der Waals surface area contributed by atoms with Crippen molar-refractivity contribution in [1.82, 2.24) is 15.4 Å². The SMILES string of the molecule is O=C(CCc1nc2ccccc2[nH]1)NO. The van der Waals surface area contributed by atoms with Gasteiger partial charge < -0.3 is 4.98 Å². The van der Waals surface area contributed by atoms with Gasteiger partial charge in [-0.15, -0.1) is 0 Å². The summed E-state index contributed by atoms with van der Waals surface area (Å²) in [5, 5.41) is 8.32. The van der Waals surface area contributed by atoms with Crippen LogP contribution in [0.25, 0.3) is 11.0 Å². The molecule has 2 aromatic rings. The Kier molecular flexibility index (Phi) is 2.64. The van der Waals surface area contributed by atoms with Gasteiger partial charge in [-0.1, -0.05) is 12.1 Å². The van der Waals surface area contributed by atoms with Crippen LogP contribution in [-0.4, -0.2) is 21.1 Å². The van der Waals surface area contributed by atoms with Gasteiger partial charge in [0.05, 0.1) is 11.0 Å². The highest BCUT2D eigenvalue weighted by Crippen LogP contribution is 2.11. The van der Waals surface area contributed by atoms with E-state index in [1.54, 1.807) is 5.48 Å². The molecular formula is C10H11N3O2. The molecule has 1 aromatic carbocycles. The lowest BCUT2D eigenvalue weighted by atomic mass is 10.3. The van der Waals surface area contributed by atoms with Gasteiger partial charge >= 0.3 is 0 Å². The Morgan fingerprint density at radius 3 is 3.00 bits per heavy atom. The summed E-state index contributed by atoms with van der Waals surface area (Å²) < 4.78 is 0. The van der Waals surface area contributed by atoms with Gasteiger partial charge in [-0.3, -0.25) is 10.0 Å². The Labute approximate surface area is 86.1 Å². The molecule has 5 nitrogen and oxygen atoms in total. The maximum Gasteiger partial charge on any atom is 0.243 e. The van der Waals surface area contributed by atoms with E-state index in [2.05, 4.69) is 9.97 Å². The fourth-order valence-corrected chi connectivity index (χ4v) is 1.41. The van der Waals surface area contributed by atoms with Gasteiger partial charge in [0.1, 0.15) is 5.82 Å². The molecule has 0 aliphatic heterocycles. The van der Waals surface area contributed by atoms with Crippen LogP contribution in [0.2, 0.25) is 0 Å². The first-order valence-corrected chi connectivity index (χ1v) is 4.66. The third kappa shape index (κ3) is 2.13. The van der Waals surface area contributed by atoms with Crippen molar-refractivity contribution in [2.24, 2.45) is 0 Å². The zero-order chi connectivity index (χ0) is 10.7. The summed E-state index contributed by atoms with van der Waals surface area (Å²) in [4.78, 5) is 18.2. The predicted molar refractivity (Wildman–Crippen MR) is 54.3 cm³/mol. The molecule has 0 spiro atoms. The first-order valence-electron chi connectivity index (χ1n) is 4.66. The molecular weight excluding hydrogens is 194 g/mol. The Balaban J connectivity index is 2.12. The summed E-state index contributed by atoms with van der Waals surface area (Å²) in [5.74, 6) is 0.343. The summed E-state index contributed by atoms with van der Waals surface area (Å²) in [5.41, 5.74) is 3.43. The lowest BCUT2D eigenvalue weighted by molar-refractivity contribution is -0.129. The number of aromatic amines is 1. The maximum atomic E-state index is 10.8. The summed E-state index contributed by atoms with van der Waals surface area (Å²) in [6, 6.07) is 7.66. The van der Waals surface area contributed by atoms with E-state index in [0.717, 1.165) is 16.9 Å². The molecule has 5 heteroatoms. The molecule has 1 heterocycles. The molecule has 15 heavy (non-hydrogen) atoms. The lowest BCUT2D eigenvalue weighted by Gasteiger charge is -1.94. The number of rotatable bonds is 3. The van der Waals surface area contributed by atoms with Gasteiger partial charge in [-0.2, -0.15) is 0 Å². The van der Waals surface area contributed by atoms with Crippen LogP contribution in [0.1, 0.15) is 12.2 Å². The quantitative estimate of drug-likeness (QED) is 0.516. The summed E-state index contributed by atoms with van der Waals surface area (Å²) in [6.07, 6.45) is 0.706. The summed E-state index contributed by atoms with van der Waals surface area (Å²) in [7, 11) is 0. The highest BCUT2D eigenvalue weighted by atomic mass is 16.5. The minimum absolute atomic E-state index is 0.219. The standard InChI is InChI=1S/C10H11N3O2/c14-10(13-15)6-5-9-11-7-3-1-2-4-8(7)12-9/h1-4,15H,5-6H2,(H,11,12)(H,13,14). The number of hydrogen-bond donors (Lipinski definition) is 3. The maximum absolute atomic E-state index is 10.8. The van der Waals surface area contributed by atoms with Crippen molar-refractivity contribution in [2.45, 2.75) is 12.8 Å². The van der Waals surface area contributed by atoms with Crippen molar-refractivity contribution in [1.29, 1.82) is 0 Å². The number of nitrogens with one attached hydrogen (secondary N) is 2. The van der Waals surface area contributed by atoms with Gasteiger partial charge in [-0.25, -0.2) is 10.5 Å². The Morgan fingerprint density at radius 2 is 2.27 bits per heavy atom. The van der Waals surface area contributed by atoms with Gasteiger partial charge in [0.25, 0.3) is 0 Å². The molecule has 3 N–H and O–H groups in total. The molecule has 0 atom stereocenters. The molecule has 0 radical (unpaired) electrons. The zero-order valence-corrected chi connectivity index (χ0v) is 8.03. The van der Waals surface area contributed by atoms with E-state index in [4.69, 9.17) is 5.21 Å². The van der Waals surface area contributed by atoms with Crippen LogP contribution in [0.4, 0.5) is 0 Å². The van der Waals surface area contributed by atoms with Crippen molar-refractivity contribution in [3.05, 3.63) is 30.1 Å². The number of fused-ring (bicyclic) bond motifs is 1. The Bertz CT molecular complexity index is 445. The van der Waals surface area contributed by atoms with Crippen LogP contribution < -0.4 is 5.48 Å². The summed E-state index contributed by atoms with van der Waals surface area (Å²) >= 11 is 0. The second-order valence-electron chi connectivity index (χ2n) is 3.24. The predicted octanol–water partition coefficient (Wildman–Crippen LogP) is 1.00. The second-order valence-corrected chi connectivity index (χ2v) is 3.24. The van der Waals surface area contributed by atoms with Crippen molar-refractivity contribution >= 4 is 16.9 Å². The van der Waals surface area contributed by atoms with E-state index in [9.17, 15) is 4.79 Å². The number of hydroxylamine groups is 1. The average molecular weight is 205 g/mol. The van der Waals surface area contributed by atoms with E-state index in [-0.39, 0.29) is 6.42 Å². The van der Waals surface area contributed by atoms with Crippen molar-refractivity contribution in [3.8, 4) is 0 Å². The molecule has 0 saturated carbocycles. The number of carbonyl (C=O) groups excluding carboxylic acids is 1. The number of aryl methyl sites for hydroxylation is 1. The first-order chi connectivity index (χ1) is 7.29. The molecule has 78 valence electrons. The number of para-hydroxylation sites is 2. The van der Waals surface area contributed by atoms with Gasteiger partial charge in [0.2, 0.25) is 5.91 Å². The van der Waals surface area contributed by atoms with Crippen LogP contribution in [0.3, 0.4) is 0 Å². The van der Waals surface area contributed by atoms with Crippen molar-refractivity contribution in [3.63, 3.8) is 0 Å². The van der Waals surface area contributed by atoms with Crippen molar-refractivity contribution in [2.75, 3.05) is 0 Å². The van der Waals surface area contributed by atoms with Crippen molar-refractivity contribution < 1.29 is 10.0 Å². The van der Waals surface area contributed by atoms with Crippen LogP contribution in [0, 0.1) is 0 Å². The number of imidazole rings is 1. The first kappa shape index (κ1) is 9.67. The van der Waals surface area contributed by atoms with E-state index >= 15 is 0 Å². The number of benzene rings is 1. The van der Waals surface area contributed by atoms with E-state index in [1.165, 1.54) is 0 Å². The van der Waals surface area contributed by atoms with Crippen LogP contribution in [-0.2, 0) is 11.2 Å². The second kappa shape index (κ2) is 4.10. The largest absolute Gasteiger partial charge is 0.342 e. The molecule has 1 amide bonds. The Hall–Kier alpha value is -1.88. The fourth-order valence-electron chi connectivity index (χ4n) is 1.41. The number of nitrogens with zero attached hydrogens (tertiary/aromatic N) is 1. The molecule has 0 bridgehead atoms. The third-order valence-electron chi connectivity index (χ3n) is 2.15. The van der Waals surface area contributed by atoms with Gasteiger partial charge in [-0.05, 0) is 12.1 Å². The number of carbonyl (C=O) groups is 1. The van der Waals surface area contributed by atoms with Gasteiger partial charge in [0.15, 0.2) is 0 Å². The molecule has 0 unspecified atom stereocenters. The zero-order valence-electron chi connectivity index (χ0n) is 8.03. The topological polar surface area (TPSA) is 78.0 Å². The molecule has 0 fully saturated rings.